The standard InChI is InChI=1S/C45H52FN3O13S2/c1-5-7-23-45(6-2)27-63(55,56)35-22-21-32(49(3,4)54)25-33(35)36(40(45)50)30-19-14-20-31(24-30)47-44(53)48-41-39(62-43(52)29-17-12-9-13-18-29)38(37(46)34(60-41)26-64(57,58)59)61-42(51)28-15-10-8-11-16-28/h8-22,24-25,34,36-41,50H,5-7,23,26-27H2,1-4H3,(H2,47,48,53)(H,57,58,59)/t34-,36-,37-,38+,39-,40-,41-,45-/m1/s1. The van der Waals surface area contributed by atoms with Gasteiger partial charge in [0.1, 0.15) is 17.5 Å². The molecule has 16 nitrogen and oxygen atoms in total. The Balaban J connectivity index is 1.37. The number of fused-ring (bicyclic) bond motifs is 1. The van der Waals surface area contributed by atoms with Crippen molar-refractivity contribution < 1.29 is 59.5 Å². The number of hydrogen-bond acceptors (Lipinski definition) is 12. The summed E-state index contributed by atoms with van der Waals surface area (Å²) in [6.07, 6.45) is -9.70. The van der Waals surface area contributed by atoms with Crippen LogP contribution < -0.4 is 15.3 Å². The normalized spacial score (nSPS) is 25.5. The Kier molecular flexibility index (Phi) is 14.6. The first-order valence-corrected chi connectivity index (χ1v) is 24.0. The number of nitrogens with zero attached hydrogens (tertiary/aromatic N) is 1. The number of ether oxygens (including phenoxy) is 3. The number of aliphatic hydroxyl groups excluding tert-OH is 1. The van der Waals surface area contributed by atoms with Crippen LogP contribution in [-0.2, 0) is 34.2 Å². The number of esters is 2. The molecule has 1 saturated heterocycles. The summed E-state index contributed by atoms with van der Waals surface area (Å²) in [5.41, 5.74) is -0.205. The Morgan fingerprint density at radius 2 is 1.52 bits per heavy atom. The summed E-state index contributed by atoms with van der Waals surface area (Å²) >= 11 is 0. The number of quaternary nitrogens is 1. The van der Waals surface area contributed by atoms with E-state index in [2.05, 4.69) is 10.6 Å². The minimum absolute atomic E-state index is 0.00661. The number of carbonyl (C=O) groups is 3. The Labute approximate surface area is 371 Å². The number of urea groups is 1. The van der Waals surface area contributed by atoms with Gasteiger partial charge in [-0.3, -0.25) is 4.55 Å². The van der Waals surface area contributed by atoms with Crippen molar-refractivity contribution in [1.82, 2.24) is 9.96 Å². The predicted molar refractivity (Wildman–Crippen MR) is 235 cm³/mol. The van der Waals surface area contributed by atoms with Gasteiger partial charge >= 0.3 is 18.0 Å². The monoisotopic (exact) mass is 925 g/mol. The number of amides is 2. The molecule has 64 heavy (non-hydrogen) atoms. The molecule has 2 amide bonds. The lowest BCUT2D eigenvalue weighted by Gasteiger charge is -2.42. The van der Waals surface area contributed by atoms with Gasteiger partial charge in [-0.1, -0.05) is 75.2 Å². The molecular formula is C45H52FN3O13S2. The average molecular weight is 926 g/mol. The van der Waals surface area contributed by atoms with Gasteiger partial charge in [-0.2, -0.15) is 8.42 Å². The van der Waals surface area contributed by atoms with E-state index in [1.165, 1.54) is 93.0 Å². The molecule has 0 aromatic heterocycles. The van der Waals surface area contributed by atoms with Crippen molar-refractivity contribution in [3.8, 4) is 0 Å². The van der Waals surface area contributed by atoms with Crippen molar-refractivity contribution in [2.75, 3.05) is 30.9 Å². The van der Waals surface area contributed by atoms with Crippen LogP contribution in [0.3, 0.4) is 0 Å². The van der Waals surface area contributed by atoms with Gasteiger partial charge in [0, 0.05) is 29.2 Å². The molecule has 0 aliphatic carbocycles. The maximum atomic E-state index is 16.4. The first-order valence-electron chi connectivity index (χ1n) is 20.7. The van der Waals surface area contributed by atoms with Gasteiger partial charge in [-0.05, 0) is 66.4 Å². The van der Waals surface area contributed by atoms with Crippen molar-refractivity contribution in [3.63, 3.8) is 0 Å². The van der Waals surface area contributed by atoms with E-state index in [0.29, 0.717) is 24.8 Å². The molecule has 2 aliphatic heterocycles. The summed E-state index contributed by atoms with van der Waals surface area (Å²) in [4.78, 5) is 40.7. The molecule has 4 aromatic rings. The van der Waals surface area contributed by atoms with E-state index in [1.807, 2.05) is 13.8 Å². The highest BCUT2D eigenvalue weighted by Crippen LogP contribution is 2.50. The molecule has 0 spiro atoms. The van der Waals surface area contributed by atoms with Gasteiger partial charge in [-0.25, -0.2) is 27.2 Å². The molecule has 0 unspecified atom stereocenters. The van der Waals surface area contributed by atoms with Crippen molar-refractivity contribution in [1.29, 1.82) is 0 Å². The number of nitrogens with one attached hydrogen (secondary N) is 2. The summed E-state index contributed by atoms with van der Waals surface area (Å²) in [7, 11) is -6.17. The second-order valence-corrected chi connectivity index (χ2v) is 20.0. The third kappa shape index (κ3) is 11.0. The second-order valence-electron chi connectivity index (χ2n) is 16.6. The molecule has 4 N–H and O–H groups in total. The van der Waals surface area contributed by atoms with Crippen LogP contribution in [0.5, 0.6) is 0 Å². The number of anilines is 1. The van der Waals surface area contributed by atoms with Crippen LogP contribution >= 0.6 is 0 Å². The zero-order valence-electron chi connectivity index (χ0n) is 35.6. The molecule has 344 valence electrons. The highest BCUT2D eigenvalue weighted by Gasteiger charge is 2.53. The Morgan fingerprint density at radius 3 is 2.08 bits per heavy atom. The molecule has 4 aromatic carbocycles. The number of halogens is 1. The van der Waals surface area contributed by atoms with Gasteiger partial charge in [0.25, 0.3) is 10.1 Å². The number of benzene rings is 4. The summed E-state index contributed by atoms with van der Waals surface area (Å²) in [6.45, 7) is 3.78. The molecule has 8 atom stereocenters. The summed E-state index contributed by atoms with van der Waals surface area (Å²) in [6, 6.07) is 24.3. The van der Waals surface area contributed by atoms with Crippen LogP contribution in [0.15, 0.2) is 108 Å². The van der Waals surface area contributed by atoms with Crippen molar-refractivity contribution in [2.24, 2.45) is 5.41 Å². The molecule has 2 aliphatic rings. The quantitative estimate of drug-likeness (QED) is 0.0482. The van der Waals surface area contributed by atoms with Crippen molar-refractivity contribution in [3.05, 3.63) is 131 Å². The van der Waals surface area contributed by atoms with E-state index < -0.39 is 96.5 Å². The van der Waals surface area contributed by atoms with Gasteiger partial charge in [-0.15, -0.1) is 0 Å². The highest BCUT2D eigenvalue weighted by molar-refractivity contribution is 7.91. The van der Waals surface area contributed by atoms with Crippen LogP contribution in [0, 0.1) is 10.6 Å². The predicted octanol–water partition coefficient (Wildman–Crippen LogP) is 6.14. The molecule has 6 rings (SSSR count). The minimum atomic E-state index is -4.94. The van der Waals surface area contributed by atoms with Crippen LogP contribution in [0.2, 0.25) is 0 Å². The van der Waals surface area contributed by atoms with E-state index in [4.69, 9.17) is 14.2 Å². The molecular weight excluding hydrogens is 874 g/mol. The molecule has 0 saturated carbocycles. The molecule has 0 bridgehead atoms. The fraction of sp³-hybridized carbons (Fsp3) is 0.400. The van der Waals surface area contributed by atoms with Crippen molar-refractivity contribution in [2.45, 2.75) is 87.2 Å². The number of hydrogen-bond donors (Lipinski definition) is 4. The van der Waals surface area contributed by atoms with E-state index in [9.17, 15) is 46.1 Å². The molecule has 0 radical (unpaired) electrons. The number of unbranched alkanes of at least 4 members (excludes halogenated alkanes) is 1. The third-order valence-electron chi connectivity index (χ3n) is 11.7. The third-order valence-corrected chi connectivity index (χ3v) is 14.5. The van der Waals surface area contributed by atoms with Crippen LogP contribution in [0.4, 0.5) is 20.6 Å². The maximum absolute atomic E-state index is 16.4. The number of sulfone groups is 1. The van der Waals surface area contributed by atoms with Crippen LogP contribution in [-0.4, -0.2) is 107 Å². The first-order chi connectivity index (χ1) is 30.2. The van der Waals surface area contributed by atoms with Crippen LogP contribution in [0.1, 0.15) is 77.3 Å². The first kappa shape index (κ1) is 48.2. The number of alkyl halides is 1. The lowest BCUT2D eigenvalue weighted by Crippen LogP contribution is -2.65. The molecule has 19 heteroatoms. The minimum Gasteiger partial charge on any atom is -0.628 e. The lowest BCUT2D eigenvalue weighted by molar-refractivity contribution is -0.203. The van der Waals surface area contributed by atoms with Crippen molar-refractivity contribution >= 4 is 49.3 Å². The average Bonchev–Trinajstić information content (AvgIpc) is 3.31. The summed E-state index contributed by atoms with van der Waals surface area (Å²) < 4.78 is 94.5. The fourth-order valence-corrected chi connectivity index (χ4v) is 11.3. The number of rotatable bonds is 14. The number of aliphatic hydroxyl groups is 1. The zero-order valence-corrected chi connectivity index (χ0v) is 37.3. The Hall–Kier alpha value is -5.28. The topological polar surface area (TPSA) is 235 Å². The smallest absolute Gasteiger partial charge is 0.338 e. The van der Waals surface area contributed by atoms with Gasteiger partial charge in [0.15, 0.2) is 34.4 Å². The highest BCUT2D eigenvalue weighted by atomic mass is 32.2. The van der Waals surface area contributed by atoms with Gasteiger partial charge in [0.2, 0.25) is 0 Å². The summed E-state index contributed by atoms with van der Waals surface area (Å²) in [5.74, 6) is -4.80. The molecule has 2 heterocycles. The van der Waals surface area contributed by atoms with Gasteiger partial charge < -0.3 is 39.8 Å². The van der Waals surface area contributed by atoms with E-state index in [-0.39, 0.29) is 38.7 Å². The largest absolute Gasteiger partial charge is 0.628 e. The van der Waals surface area contributed by atoms with Gasteiger partial charge in [0.05, 0.1) is 42.0 Å². The number of hydroxylamine groups is 2. The molecule has 1 fully saturated rings. The maximum Gasteiger partial charge on any atom is 0.338 e. The second kappa shape index (κ2) is 19.4. The van der Waals surface area contributed by atoms with E-state index in [1.54, 1.807) is 24.3 Å². The number of carbonyl (C=O) groups excluding carboxylic acids is 3. The van der Waals surface area contributed by atoms with E-state index >= 15 is 4.39 Å². The van der Waals surface area contributed by atoms with E-state index in [0.717, 1.165) is 6.42 Å². The SMILES string of the molecule is CCCC[C@]1(CC)CS(=O)(=O)c2ccc([N+](C)(C)[O-])cc2[C@@H](c2cccc(NC(=O)N[C@@H]3O[C@H](CS(=O)(=O)O)[C@@H](F)[C@H](OC(=O)c4ccccc4)[C@H]3OC(=O)c3ccccc3)c2)[C@H]1O. The lowest BCUT2D eigenvalue weighted by atomic mass is 9.69. The Bertz CT molecular complexity index is 2540. The summed E-state index contributed by atoms with van der Waals surface area (Å²) in [5, 5.41) is 30.6. The zero-order chi connectivity index (χ0) is 46.6. The fourth-order valence-electron chi connectivity index (χ4n) is 8.32. The Morgan fingerprint density at radius 1 is 0.906 bits per heavy atom. The van der Waals surface area contributed by atoms with Crippen LogP contribution in [0.25, 0.3) is 0 Å².